The standard InChI is InChI=1S/C26H26ClN3O4S/c1-3-16-34-24-12-8-21(9-13-24)17-28-29-26(31)19-30(18-22-7-5-4-6-20(22)2)35(32,33)25-14-10-23(27)11-15-25/h3-15,17H,1,16,18-19H2,2H3,(H,29,31)/b28-17-. The van der Waals surface area contributed by atoms with Gasteiger partial charge in [-0.2, -0.15) is 9.41 Å². The Morgan fingerprint density at radius 3 is 2.43 bits per heavy atom. The molecule has 182 valence electrons. The molecule has 0 unspecified atom stereocenters. The third kappa shape index (κ3) is 7.51. The lowest BCUT2D eigenvalue weighted by molar-refractivity contribution is -0.121. The van der Waals surface area contributed by atoms with Crippen LogP contribution >= 0.6 is 11.6 Å². The summed E-state index contributed by atoms with van der Waals surface area (Å²) in [7, 11) is -3.98. The maximum Gasteiger partial charge on any atom is 0.255 e. The van der Waals surface area contributed by atoms with E-state index in [1.807, 2.05) is 31.2 Å². The highest BCUT2D eigenvalue weighted by molar-refractivity contribution is 7.89. The van der Waals surface area contributed by atoms with E-state index in [9.17, 15) is 13.2 Å². The van der Waals surface area contributed by atoms with Crippen molar-refractivity contribution >= 4 is 33.7 Å². The smallest absolute Gasteiger partial charge is 0.255 e. The third-order valence-corrected chi connectivity index (χ3v) is 7.09. The largest absolute Gasteiger partial charge is 0.490 e. The van der Waals surface area contributed by atoms with Crippen LogP contribution in [-0.2, 0) is 21.4 Å². The van der Waals surface area contributed by atoms with Crippen LogP contribution in [0.1, 0.15) is 16.7 Å². The Morgan fingerprint density at radius 2 is 1.77 bits per heavy atom. The molecule has 9 heteroatoms. The van der Waals surface area contributed by atoms with Gasteiger partial charge in [0.15, 0.2) is 0 Å². The van der Waals surface area contributed by atoms with Crippen molar-refractivity contribution in [2.75, 3.05) is 13.2 Å². The fourth-order valence-corrected chi connectivity index (χ4v) is 4.64. The van der Waals surface area contributed by atoms with Crippen molar-refractivity contribution in [2.24, 2.45) is 5.10 Å². The number of benzene rings is 3. The fourth-order valence-electron chi connectivity index (χ4n) is 3.14. The maximum atomic E-state index is 13.3. The van der Waals surface area contributed by atoms with Crippen molar-refractivity contribution in [3.8, 4) is 5.75 Å². The van der Waals surface area contributed by atoms with Crippen molar-refractivity contribution in [1.82, 2.24) is 9.73 Å². The number of nitrogens with one attached hydrogen (secondary N) is 1. The number of rotatable bonds is 11. The summed E-state index contributed by atoms with van der Waals surface area (Å²) in [6.45, 7) is 5.51. The Labute approximate surface area is 210 Å². The van der Waals surface area contributed by atoms with E-state index in [4.69, 9.17) is 16.3 Å². The quantitative estimate of drug-likeness (QED) is 0.232. The number of hydrogen-bond donors (Lipinski definition) is 1. The minimum Gasteiger partial charge on any atom is -0.490 e. The van der Waals surface area contributed by atoms with E-state index in [0.717, 1.165) is 21.0 Å². The molecular weight excluding hydrogens is 486 g/mol. The van der Waals surface area contributed by atoms with Gasteiger partial charge in [-0.1, -0.05) is 48.5 Å². The summed E-state index contributed by atoms with van der Waals surface area (Å²) in [5, 5.41) is 4.38. The molecule has 0 aliphatic rings. The van der Waals surface area contributed by atoms with Crippen molar-refractivity contribution in [1.29, 1.82) is 0 Å². The zero-order chi connectivity index (χ0) is 25.3. The van der Waals surface area contributed by atoms with Crippen LogP contribution in [0.3, 0.4) is 0 Å². The van der Waals surface area contributed by atoms with Gasteiger partial charge in [0.25, 0.3) is 5.91 Å². The number of hydrazone groups is 1. The van der Waals surface area contributed by atoms with Gasteiger partial charge in [-0.05, 0) is 72.1 Å². The van der Waals surface area contributed by atoms with Gasteiger partial charge in [0.2, 0.25) is 10.0 Å². The number of sulfonamides is 1. The molecule has 0 spiro atoms. The molecule has 3 rings (SSSR count). The summed E-state index contributed by atoms with van der Waals surface area (Å²) < 4.78 is 33.2. The average Bonchev–Trinajstić information content (AvgIpc) is 2.84. The fraction of sp³-hybridized carbons (Fsp3) is 0.154. The molecule has 0 saturated carbocycles. The molecule has 7 nitrogen and oxygen atoms in total. The molecule has 1 amide bonds. The number of amides is 1. The van der Waals surface area contributed by atoms with Crippen LogP contribution in [0.5, 0.6) is 5.75 Å². The Hall–Kier alpha value is -3.46. The summed E-state index contributed by atoms with van der Waals surface area (Å²) in [5.41, 5.74) is 4.85. The van der Waals surface area contributed by atoms with Gasteiger partial charge in [0.05, 0.1) is 17.7 Å². The first-order chi connectivity index (χ1) is 16.8. The predicted molar refractivity (Wildman–Crippen MR) is 138 cm³/mol. The highest BCUT2D eigenvalue weighted by atomic mass is 35.5. The number of nitrogens with zero attached hydrogens (tertiary/aromatic N) is 2. The van der Waals surface area contributed by atoms with Crippen LogP contribution in [0.4, 0.5) is 0 Å². The second-order valence-corrected chi connectivity index (χ2v) is 9.99. The molecule has 0 aromatic heterocycles. The third-order valence-electron chi connectivity index (χ3n) is 5.03. The predicted octanol–water partition coefficient (Wildman–Crippen LogP) is 4.55. The second-order valence-electron chi connectivity index (χ2n) is 7.62. The molecule has 0 aliphatic heterocycles. The van der Waals surface area contributed by atoms with Gasteiger partial charge in [-0.15, -0.1) is 0 Å². The minimum absolute atomic E-state index is 0.0287. The van der Waals surface area contributed by atoms with Crippen molar-refractivity contribution < 1.29 is 17.9 Å². The molecule has 0 aliphatic carbocycles. The lowest BCUT2D eigenvalue weighted by Gasteiger charge is -2.22. The van der Waals surface area contributed by atoms with Crippen LogP contribution in [0.2, 0.25) is 5.02 Å². The first kappa shape index (κ1) is 26.2. The molecule has 0 heterocycles. The maximum absolute atomic E-state index is 13.3. The summed E-state index contributed by atoms with van der Waals surface area (Å²) in [6, 6.07) is 20.4. The Kier molecular flexibility index (Phi) is 9.19. The SMILES string of the molecule is C=CCOc1ccc(/C=N\NC(=O)CN(Cc2ccccc2C)S(=O)(=O)c2ccc(Cl)cc2)cc1. The van der Waals surface area contributed by atoms with Crippen LogP contribution in [0, 0.1) is 6.92 Å². The van der Waals surface area contributed by atoms with Gasteiger partial charge in [0.1, 0.15) is 12.4 Å². The molecule has 0 atom stereocenters. The summed E-state index contributed by atoms with van der Waals surface area (Å²) in [5.74, 6) is 0.114. The van der Waals surface area contributed by atoms with E-state index >= 15 is 0 Å². The van der Waals surface area contributed by atoms with Gasteiger partial charge in [0, 0.05) is 11.6 Å². The Morgan fingerprint density at radius 1 is 1.09 bits per heavy atom. The van der Waals surface area contributed by atoms with Crippen LogP contribution in [0.25, 0.3) is 0 Å². The zero-order valence-electron chi connectivity index (χ0n) is 19.2. The molecule has 3 aromatic carbocycles. The lowest BCUT2D eigenvalue weighted by Crippen LogP contribution is -2.39. The van der Waals surface area contributed by atoms with Crippen LogP contribution in [0.15, 0.2) is 95.4 Å². The van der Waals surface area contributed by atoms with E-state index in [1.165, 1.54) is 30.5 Å². The average molecular weight is 512 g/mol. The molecule has 0 saturated heterocycles. The van der Waals surface area contributed by atoms with Crippen molar-refractivity contribution in [3.63, 3.8) is 0 Å². The number of carbonyl (C=O) groups is 1. The lowest BCUT2D eigenvalue weighted by atomic mass is 10.1. The van der Waals surface area contributed by atoms with E-state index in [0.29, 0.717) is 17.4 Å². The minimum atomic E-state index is -3.98. The Balaban J connectivity index is 1.73. The highest BCUT2D eigenvalue weighted by Crippen LogP contribution is 2.21. The van der Waals surface area contributed by atoms with Crippen LogP contribution < -0.4 is 10.2 Å². The molecule has 0 radical (unpaired) electrons. The van der Waals surface area contributed by atoms with Gasteiger partial charge in [-0.3, -0.25) is 4.79 Å². The Bertz CT molecular complexity index is 1290. The van der Waals surface area contributed by atoms with Crippen LogP contribution in [-0.4, -0.2) is 38.0 Å². The monoisotopic (exact) mass is 511 g/mol. The van der Waals surface area contributed by atoms with Crippen molar-refractivity contribution in [2.45, 2.75) is 18.4 Å². The van der Waals surface area contributed by atoms with Crippen molar-refractivity contribution in [3.05, 3.63) is 107 Å². The van der Waals surface area contributed by atoms with E-state index in [-0.39, 0.29) is 11.4 Å². The van der Waals surface area contributed by atoms with Gasteiger partial charge in [-0.25, -0.2) is 13.8 Å². The van der Waals surface area contributed by atoms with E-state index in [2.05, 4.69) is 17.1 Å². The zero-order valence-corrected chi connectivity index (χ0v) is 20.8. The number of carbonyl (C=O) groups excluding carboxylic acids is 1. The number of halogens is 1. The summed E-state index contributed by atoms with van der Waals surface area (Å²) >= 11 is 5.92. The van der Waals surface area contributed by atoms with Gasteiger partial charge >= 0.3 is 0 Å². The number of ether oxygens (including phenoxy) is 1. The van der Waals surface area contributed by atoms with E-state index < -0.39 is 22.5 Å². The first-order valence-electron chi connectivity index (χ1n) is 10.8. The molecule has 0 bridgehead atoms. The van der Waals surface area contributed by atoms with E-state index in [1.54, 1.807) is 30.3 Å². The second kappa shape index (κ2) is 12.3. The normalized spacial score (nSPS) is 11.5. The molecule has 0 fully saturated rings. The topological polar surface area (TPSA) is 88.1 Å². The summed E-state index contributed by atoms with van der Waals surface area (Å²) in [6.07, 6.45) is 3.12. The molecule has 3 aromatic rings. The highest BCUT2D eigenvalue weighted by Gasteiger charge is 2.27. The first-order valence-corrected chi connectivity index (χ1v) is 12.6. The molecule has 1 N–H and O–H groups in total. The number of aryl methyl sites for hydroxylation is 1. The number of hydrogen-bond acceptors (Lipinski definition) is 5. The summed E-state index contributed by atoms with van der Waals surface area (Å²) in [4.78, 5) is 12.7. The van der Waals surface area contributed by atoms with Gasteiger partial charge < -0.3 is 4.74 Å². The molecule has 35 heavy (non-hydrogen) atoms. The molecular formula is C26H26ClN3O4S.